The Morgan fingerprint density at radius 1 is 1.19 bits per heavy atom. The van der Waals surface area contributed by atoms with Gasteiger partial charge in [0, 0.05) is 10.9 Å². The lowest BCUT2D eigenvalue weighted by Crippen LogP contribution is -2.37. The topological polar surface area (TPSA) is 81.3 Å². The summed E-state index contributed by atoms with van der Waals surface area (Å²) in [6.07, 6.45) is 0.826. The van der Waals surface area contributed by atoms with Crippen molar-refractivity contribution in [2.75, 3.05) is 0 Å². The smallest absolute Gasteiger partial charge is 0.352 e. The van der Waals surface area contributed by atoms with E-state index in [4.69, 9.17) is 0 Å². The van der Waals surface area contributed by atoms with Gasteiger partial charge in [0.15, 0.2) is 5.65 Å². The second-order valence-corrected chi connectivity index (χ2v) is 7.27. The first-order valence-electron chi connectivity index (χ1n) is 8.47. The Kier molecular flexibility index (Phi) is 5.41. The van der Waals surface area contributed by atoms with Crippen LogP contribution in [0.3, 0.4) is 0 Å². The lowest BCUT2D eigenvalue weighted by molar-refractivity contribution is -0.122. The Morgan fingerprint density at radius 2 is 1.92 bits per heavy atom. The van der Waals surface area contributed by atoms with Gasteiger partial charge in [0.05, 0.1) is 0 Å². The molecule has 3 aromatic rings. The summed E-state index contributed by atoms with van der Waals surface area (Å²) in [7, 11) is 0. The van der Waals surface area contributed by atoms with Crippen LogP contribution in [0, 0.1) is 6.92 Å². The van der Waals surface area contributed by atoms with Crippen molar-refractivity contribution in [3.63, 3.8) is 0 Å². The van der Waals surface area contributed by atoms with Crippen LogP contribution in [0.1, 0.15) is 25.8 Å². The zero-order valence-corrected chi connectivity index (χ0v) is 15.8. The van der Waals surface area contributed by atoms with Gasteiger partial charge in [0.2, 0.25) is 5.91 Å². The molecule has 2 heterocycles. The van der Waals surface area contributed by atoms with E-state index in [9.17, 15) is 9.59 Å². The third-order valence-electron chi connectivity index (χ3n) is 3.97. The Hall–Kier alpha value is -2.61. The minimum atomic E-state index is -0.425. The van der Waals surface area contributed by atoms with Crippen molar-refractivity contribution < 1.29 is 4.79 Å². The third-order valence-corrected chi connectivity index (χ3v) is 4.91. The first-order chi connectivity index (χ1) is 12.5. The fraction of sp³-hybridized carbons (Fsp3) is 0.333. The van der Waals surface area contributed by atoms with Crippen molar-refractivity contribution >= 4 is 23.3 Å². The minimum Gasteiger partial charge on any atom is -0.352 e. The summed E-state index contributed by atoms with van der Waals surface area (Å²) in [5, 5.41) is 12.0. The van der Waals surface area contributed by atoms with Crippen LogP contribution in [0.15, 0.2) is 51.1 Å². The zero-order chi connectivity index (χ0) is 18.7. The second-order valence-electron chi connectivity index (χ2n) is 6.17. The molecule has 0 aliphatic heterocycles. The first-order valence-corrected chi connectivity index (χ1v) is 9.28. The van der Waals surface area contributed by atoms with E-state index in [1.807, 2.05) is 51.1 Å². The largest absolute Gasteiger partial charge is 0.367 e. The molecule has 0 radical (unpaired) electrons. The molecule has 2 aromatic heterocycles. The number of amides is 1. The van der Waals surface area contributed by atoms with Crippen molar-refractivity contribution in [3.05, 3.63) is 52.4 Å². The van der Waals surface area contributed by atoms with Crippen LogP contribution in [-0.4, -0.2) is 31.3 Å². The van der Waals surface area contributed by atoms with Crippen LogP contribution in [-0.2, 0) is 11.3 Å². The Balaban J connectivity index is 1.81. The second kappa shape index (κ2) is 7.74. The molecule has 0 saturated heterocycles. The van der Waals surface area contributed by atoms with Gasteiger partial charge in [-0.3, -0.25) is 4.79 Å². The highest BCUT2D eigenvalue weighted by atomic mass is 32.2. The molecular weight excluding hydrogens is 350 g/mol. The van der Waals surface area contributed by atoms with Crippen molar-refractivity contribution in [2.24, 2.45) is 0 Å². The van der Waals surface area contributed by atoms with Crippen molar-refractivity contribution in [3.8, 4) is 0 Å². The summed E-state index contributed by atoms with van der Waals surface area (Å²) >= 11 is 1.47. The molecule has 0 bridgehead atoms. The van der Waals surface area contributed by atoms with E-state index in [0.717, 1.165) is 16.0 Å². The van der Waals surface area contributed by atoms with Crippen LogP contribution in [0.2, 0.25) is 0 Å². The van der Waals surface area contributed by atoms with Gasteiger partial charge in [0.1, 0.15) is 11.6 Å². The Morgan fingerprint density at radius 3 is 2.62 bits per heavy atom. The van der Waals surface area contributed by atoms with E-state index < -0.39 is 5.69 Å². The van der Waals surface area contributed by atoms with Gasteiger partial charge >= 0.3 is 5.69 Å². The molecule has 0 aliphatic rings. The Labute approximate surface area is 155 Å². The summed E-state index contributed by atoms with van der Waals surface area (Å²) < 4.78 is 2.37. The van der Waals surface area contributed by atoms with Gasteiger partial charge in [-0.1, -0.05) is 36.4 Å². The summed E-state index contributed by atoms with van der Waals surface area (Å²) in [4.78, 5) is 25.5. The molecule has 1 amide bonds. The lowest BCUT2D eigenvalue weighted by atomic mass is 10.2. The highest BCUT2D eigenvalue weighted by Gasteiger charge is 2.13. The van der Waals surface area contributed by atoms with Crippen LogP contribution < -0.4 is 11.0 Å². The van der Waals surface area contributed by atoms with Gasteiger partial charge in [-0.2, -0.15) is 9.61 Å². The van der Waals surface area contributed by atoms with Gasteiger partial charge < -0.3 is 5.32 Å². The predicted octanol–water partition coefficient (Wildman–Crippen LogP) is 2.27. The SMILES string of the molecule is CCC(C)NC(=O)Cn1nc2ccc(Sc3ccc(C)cc3)nn2c1=O. The van der Waals surface area contributed by atoms with E-state index in [1.165, 1.54) is 21.8 Å². The van der Waals surface area contributed by atoms with E-state index >= 15 is 0 Å². The quantitative estimate of drug-likeness (QED) is 0.719. The molecule has 136 valence electrons. The van der Waals surface area contributed by atoms with Gasteiger partial charge in [0.25, 0.3) is 0 Å². The summed E-state index contributed by atoms with van der Waals surface area (Å²) in [6.45, 7) is 5.82. The predicted molar refractivity (Wildman–Crippen MR) is 100 cm³/mol. The number of carbonyl (C=O) groups is 1. The number of aromatic nitrogens is 4. The van der Waals surface area contributed by atoms with Gasteiger partial charge in [-0.15, -0.1) is 5.10 Å². The normalized spacial score (nSPS) is 12.3. The molecule has 7 nitrogen and oxygen atoms in total. The van der Waals surface area contributed by atoms with E-state index in [2.05, 4.69) is 15.5 Å². The van der Waals surface area contributed by atoms with E-state index in [0.29, 0.717) is 10.7 Å². The van der Waals surface area contributed by atoms with Gasteiger partial charge in [-0.25, -0.2) is 9.48 Å². The van der Waals surface area contributed by atoms with Crippen LogP contribution in [0.4, 0.5) is 0 Å². The maximum atomic E-state index is 12.5. The van der Waals surface area contributed by atoms with Gasteiger partial charge in [-0.05, 0) is 44.5 Å². The maximum Gasteiger partial charge on any atom is 0.367 e. The number of benzene rings is 1. The van der Waals surface area contributed by atoms with Crippen LogP contribution in [0.25, 0.3) is 5.65 Å². The summed E-state index contributed by atoms with van der Waals surface area (Å²) in [5.74, 6) is -0.237. The molecule has 1 aromatic carbocycles. The molecule has 1 atom stereocenters. The van der Waals surface area contributed by atoms with E-state index in [-0.39, 0.29) is 18.5 Å². The highest BCUT2D eigenvalue weighted by molar-refractivity contribution is 7.99. The van der Waals surface area contributed by atoms with Crippen LogP contribution >= 0.6 is 11.8 Å². The first kappa shape index (κ1) is 18.2. The molecular formula is C18H21N5O2S. The lowest BCUT2D eigenvalue weighted by Gasteiger charge is -2.10. The van der Waals surface area contributed by atoms with Crippen molar-refractivity contribution in [1.29, 1.82) is 0 Å². The average molecular weight is 371 g/mol. The molecule has 1 N–H and O–H groups in total. The molecule has 8 heteroatoms. The number of fused-ring (bicyclic) bond motifs is 1. The number of aryl methyl sites for hydroxylation is 1. The average Bonchev–Trinajstić information content (AvgIpc) is 2.92. The van der Waals surface area contributed by atoms with E-state index in [1.54, 1.807) is 6.07 Å². The minimum absolute atomic E-state index is 0.0610. The molecule has 0 fully saturated rings. The number of hydrogen-bond donors (Lipinski definition) is 1. The number of nitrogens with one attached hydrogen (secondary N) is 1. The number of hydrogen-bond acceptors (Lipinski definition) is 5. The molecule has 0 spiro atoms. The number of carbonyl (C=O) groups excluding carboxylic acids is 1. The zero-order valence-electron chi connectivity index (χ0n) is 15.0. The Bertz CT molecular complexity index is 977. The molecule has 3 rings (SSSR count). The highest BCUT2D eigenvalue weighted by Crippen LogP contribution is 2.25. The molecule has 0 saturated carbocycles. The molecule has 0 aliphatic carbocycles. The fourth-order valence-corrected chi connectivity index (χ4v) is 3.11. The molecule has 26 heavy (non-hydrogen) atoms. The standard InChI is InChI=1S/C18H21N5O2S/c1-4-13(3)19-16(24)11-22-18(25)23-15(20-22)9-10-17(21-23)26-14-7-5-12(2)6-8-14/h5-10,13H,4,11H2,1-3H3,(H,19,24). The monoisotopic (exact) mass is 371 g/mol. The number of rotatable bonds is 6. The summed E-state index contributed by atoms with van der Waals surface area (Å²) in [6, 6.07) is 11.7. The van der Waals surface area contributed by atoms with Crippen molar-refractivity contribution in [2.45, 2.75) is 49.7 Å². The van der Waals surface area contributed by atoms with Crippen LogP contribution in [0.5, 0.6) is 0 Å². The molecule has 1 unspecified atom stereocenters. The number of nitrogens with zero attached hydrogens (tertiary/aromatic N) is 4. The summed E-state index contributed by atoms with van der Waals surface area (Å²) in [5.41, 5.74) is 1.18. The third kappa shape index (κ3) is 4.13. The maximum absolute atomic E-state index is 12.5. The fourth-order valence-electron chi connectivity index (χ4n) is 2.33. The van der Waals surface area contributed by atoms with Crippen molar-refractivity contribution in [1.82, 2.24) is 24.7 Å².